The number of carbonyl (C=O) groups excluding carboxylic acids is 1. The average molecular weight is 412 g/mol. The molecule has 2 aromatic heterocycles. The van der Waals surface area contributed by atoms with Gasteiger partial charge in [-0.1, -0.05) is 55.8 Å². The normalized spacial score (nSPS) is 12.6. The number of hydrogen-bond acceptors (Lipinski definition) is 3. The van der Waals surface area contributed by atoms with Crippen LogP contribution in [0.2, 0.25) is 5.15 Å². The van der Waals surface area contributed by atoms with Crippen molar-refractivity contribution in [2.24, 2.45) is 13.0 Å². The van der Waals surface area contributed by atoms with E-state index in [2.05, 4.69) is 29.2 Å². The number of hydrogen-bond donors (Lipinski definition) is 1. The molecule has 0 saturated heterocycles. The van der Waals surface area contributed by atoms with Crippen LogP contribution >= 0.6 is 11.6 Å². The van der Waals surface area contributed by atoms with Gasteiger partial charge >= 0.3 is 0 Å². The van der Waals surface area contributed by atoms with Gasteiger partial charge < -0.3 is 9.88 Å². The highest BCUT2D eigenvalue weighted by Gasteiger charge is 2.20. The molecule has 152 valence electrons. The Balaban J connectivity index is 1.81. The molecule has 0 saturated carbocycles. The van der Waals surface area contributed by atoms with E-state index in [1.54, 1.807) is 17.0 Å². The molecule has 2 heterocycles. The number of imidazole rings is 1. The molecule has 0 aliphatic heterocycles. The number of rotatable bonds is 7. The first-order valence-electron chi connectivity index (χ1n) is 9.60. The first-order chi connectivity index (χ1) is 13.9. The zero-order valence-electron chi connectivity index (χ0n) is 17.1. The molecule has 1 atom stereocenters. The van der Waals surface area contributed by atoms with Gasteiger partial charge in [0.05, 0.1) is 5.69 Å². The van der Waals surface area contributed by atoms with E-state index in [-0.39, 0.29) is 11.9 Å². The second-order valence-electron chi connectivity index (χ2n) is 7.45. The van der Waals surface area contributed by atoms with Crippen LogP contribution in [0.3, 0.4) is 0 Å². The lowest BCUT2D eigenvalue weighted by Crippen LogP contribution is -2.29. The summed E-state index contributed by atoms with van der Waals surface area (Å²) in [4.78, 5) is 17.1. The summed E-state index contributed by atoms with van der Waals surface area (Å²) in [6.07, 6.45) is 6.80. The fourth-order valence-electron chi connectivity index (χ4n) is 3.17. The summed E-state index contributed by atoms with van der Waals surface area (Å²) in [6.45, 7) is 6.84. The molecule has 6 nitrogen and oxygen atoms in total. The fraction of sp³-hybridized carbons (Fsp3) is 0.318. The Labute approximate surface area is 176 Å². The van der Waals surface area contributed by atoms with Crippen molar-refractivity contribution in [3.8, 4) is 0 Å². The number of nitrogens with zero attached hydrogens (tertiary/aromatic N) is 4. The van der Waals surface area contributed by atoms with E-state index in [0.29, 0.717) is 11.1 Å². The maximum absolute atomic E-state index is 12.7. The highest BCUT2D eigenvalue weighted by atomic mass is 35.5. The van der Waals surface area contributed by atoms with Gasteiger partial charge in [-0.2, -0.15) is 5.10 Å². The van der Waals surface area contributed by atoms with E-state index in [0.717, 1.165) is 29.2 Å². The van der Waals surface area contributed by atoms with Crippen LogP contribution in [0.15, 0.2) is 48.8 Å². The van der Waals surface area contributed by atoms with Crippen LogP contribution in [0.5, 0.6) is 0 Å². The van der Waals surface area contributed by atoms with Gasteiger partial charge in [0.15, 0.2) is 0 Å². The van der Waals surface area contributed by atoms with Crippen LogP contribution in [0.25, 0.3) is 6.08 Å². The molecule has 3 aromatic rings. The molecule has 1 amide bonds. The van der Waals surface area contributed by atoms with E-state index in [4.69, 9.17) is 11.6 Å². The summed E-state index contributed by atoms with van der Waals surface area (Å²) in [6, 6.07) is 9.42. The molecule has 3 rings (SSSR count). The van der Waals surface area contributed by atoms with Crippen molar-refractivity contribution in [2.45, 2.75) is 33.4 Å². The number of halogens is 1. The predicted molar refractivity (Wildman–Crippen MR) is 115 cm³/mol. The standard InChI is InChI=1S/C22H26ClN5O/c1-15(2)14-28-21(23)18(16(3)26-28)10-11-19(29)25-20(17-8-6-5-7-9-17)22-24-12-13-27(22)4/h5-13,15,20H,14H2,1-4H3,(H,25,29)/b11-10+. The first-order valence-corrected chi connectivity index (χ1v) is 9.98. The van der Waals surface area contributed by atoms with E-state index in [1.165, 1.54) is 6.08 Å². The lowest BCUT2D eigenvalue weighted by Gasteiger charge is -2.18. The Hall–Kier alpha value is -2.86. The average Bonchev–Trinajstić information content (AvgIpc) is 3.21. The molecule has 0 fully saturated rings. The third-order valence-corrected chi connectivity index (χ3v) is 4.98. The third kappa shape index (κ3) is 4.95. The number of aryl methyl sites for hydroxylation is 2. The summed E-state index contributed by atoms with van der Waals surface area (Å²) >= 11 is 6.46. The Bertz CT molecular complexity index is 1000. The van der Waals surface area contributed by atoms with Crippen molar-refractivity contribution in [3.05, 3.63) is 76.6 Å². The quantitative estimate of drug-likeness (QED) is 0.594. The van der Waals surface area contributed by atoms with Crippen molar-refractivity contribution >= 4 is 23.6 Å². The number of amides is 1. The monoisotopic (exact) mass is 411 g/mol. The first kappa shape index (κ1) is 20.9. The number of aromatic nitrogens is 4. The summed E-state index contributed by atoms with van der Waals surface area (Å²) < 4.78 is 3.68. The minimum Gasteiger partial charge on any atom is -0.339 e. The molecule has 29 heavy (non-hydrogen) atoms. The van der Waals surface area contributed by atoms with Crippen molar-refractivity contribution in [3.63, 3.8) is 0 Å². The summed E-state index contributed by atoms with van der Waals surface area (Å²) in [7, 11) is 1.91. The summed E-state index contributed by atoms with van der Waals surface area (Å²) in [5.74, 6) is 0.960. The van der Waals surface area contributed by atoms with Crippen molar-refractivity contribution < 1.29 is 4.79 Å². The smallest absolute Gasteiger partial charge is 0.244 e. The molecule has 7 heteroatoms. The second kappa shape index (κ2) is 9.09. The van der Waals surface area contributed by atoms with Gasteiger partial charge in [-0.05, 0) is 24.5 Å². The maximum atomic E-state index is 12.7. The lowest BCUT2D eigenvalue weighted by atomic mass is 10.1. The topological polar surface area (TPSA) is 64.7 Å². The van der Waals surface area contributed by atoms with Gasteiger partial charge in [0.1, 0.15) is 17.0 Å². The number of carbonyl (C=O) groups is 1. The molecule has 1 unspecified atom stereocenters. The number of nitrogens with one attached hydrogen (secondary N) is 1. The zero-order valence-corrected chi connectivity index (χ0v) is 17.9. The van der Waals surface area contributed by atoms with Crippen molar-refractivity contribution in [2.75, 3.05) is 0 Å². The molecule has 1 aromatic carbocycles. The lowest BCUT2D eigenvalue weighted by molar-refractivity contribution is -0.117. The predicted octanol–water partition coefficient (Wildman–Crippen LogP) is 4.15. The van der Waals surface area contributed by atoms with E-state index >= 15 is 0 Å². The molecule has 0 radical (unpaired) electrons. The van der Waals surface area contributed by atoms with Crippen LogP contribution in [0.1, 0.15) is 42.5 Å². The van der Waals surface area contributed by atoms with Crippen LogP contribution in [-0.2, 0) is 18.4 Å². The molecular formula is C22H26ClN5O. The van der Waals surface area contributed by atoms with Gasteiger partial charge in [0, 0.05) is 37.6 Å². The molecule has 0 bridgehead atoms. The molecule has 0 aliphatic carbocycles. The van der Waals surface area contributed by atoms with Gasteiger partial charge in [-0.3, -0.25) is 9.48 Å². The maximum Gasteiger partial charge on any atom is 0.244 e. The SMILES string of the molecule is Cc1nn(CC(C)C)c(Cl)c1/C=C/C(=O)NC(c1ccccc1)c1nccn1C. The van der Waals surface area contributed by atoms with E-state index in [1.807, 2.05) is 55.1 Å². The number of benzene rings is 1. The van der Waals surface area contributed by atoms with Gasteiger partial charge in [-0.15, -0.1) is 0 Å². The van der Waals surface area contributed by atoms with Gasteiger partial charge in [0.25, 0.3) is 0 Å². The Morgan fingerprint density at radius 3 is 2.62 bits per heavy atom. The second-order valence-corrected chi connectivity index (χ2v) is 7.81. The van der Waals surface area contributed by atoms with Crippen LogP contribution in [0, 0.1) is 12.8 Å². The Kier molecular flexibility index (Phi) is 6.54. The molecule has 1 N–H and O–H groups in total. The van der Waals surface area contributed by atoms with E-state index < -0.39 is 0 Å². The van der Waals surface area contributed by atoms with Gasteiger partial charge in [0.2, 0.25) is 5.91 Å². The molecule has 0 aliphatic rings. The van der Waals surface area contributed by atoms with Crippen LogP contribution in [-0.4, -0.2) is 25.2 Å². The third-order valence-electron chi connectivity index (χ3n) is 4.58. The molecule has 0 spiro atoms. The van der Waals surface area contributed by atoms with E-state index in [9.17, 15) is 4.79 Å². The molecular weight excluding hydrogens is 386 g/mol. The Morgan fingerprint density at radius 1 is 1.28 bits per heavy atom. The summed E-state index contributed by atoms with van der Waals surface area (Å²) in [5, 5.41) is 8.07. The fourth-order valence-corrected chi connectivity index (χ4v) is 3.48. The minimum absolute atomic E-state index is 0.228. The zero-order chi connectivity index (χ0) is 21.0. The van der Waals surface area contributed by atoms with Gasteiger partial charge in [-0.25, -0.2) is 4.98 Å². The summed E-state index contributed by atoms with van der Waals surface area (Å²) in [5.41, 5.74) is 2.52. The van der Waals surface area contributed by atoms with Crippen molar-refractivity contribution in [1.82, 2.24) is 24.6 Å². The Morgan fingerprint density at radius 2 is 2.00 bits per heavy atom. The minimum atomic E-state index is -0.353. The van der Waals surface area contributed by atoms with Crippen LogP contribution in [0.4, 0.5) is 0 Å². The van der Waals surface area contributed by atoms with Crippen molar-refractivity contribution in [1.29, 1.82) is 0 Å². The highest BCUT2D eigenvalue weighted by molar-refractivity contribution is 6.31. The van der Waals surface area contributed by atoms with Crippen LogP contribution < -0.4 is 5.32 Å². The highest BCUT2D eigenvalue weighted by Crippen LogP contribution is 2.23. The largest absolute Gasteiger partial charge is 0.339 e.